The highest BCUT2D eigenvalue weighted by molar-refractivity contribution is 5.80. The maximum absolute atomic E-state index is 5.61. The van der Waals surface area contributed by atoms with Crippen molar-refractivity contribution in [2.75, 3.05) is 26.3 Å². The smallest absolute Gasteiger partial charge is 0.194 e. The molecule has 7 nitrogen and oxygen atoms in total. The Balaban J connectivity index is 1.48. The molecule has 27 heavy (non-hydrogen) atoms. The Kier molecular flexibility index (Phi) is 5.66. The highest BCUT2D eigenvalue weighted by Crippen LogP contribution is 2.39. The van der Waals surface area contributed by atoms with E-state index in [-0.39, 0.29) is 0 Å². The quantitative estimate of drug-likeness (QED) is 0.650. The van der Waals surface area contributed by atoms with Crippen LogP contribution in [-0.4, -0.2) is 58.0 Å². The van der Waals surface area contributed by atoms with E-state index in [2.05, 4.69) is 20.4 Å². The molecule has 0 bridgehead atoms. The van der Waals surface area contributed by atoms with Crippen molar-refractivity contribution in [2.24, 2.45) is 17.5 Å². The van der Waals surface area contributed by atoms with Gasteiger partial charge in [-0.1, -0.05) is 19.3 Å². The van der Waals surface area contributed by atoms with Crippen LogP contribution >= 0.6 is 0 Å². The first-order chi connectivity index (χ1) is 13.2. The highest BCUT2D eigenvalue weighted by atomic mass is 16.5. The van der Waals surface area contributed by atoms with Gasteiger partial charge in [-0.15, -0.1) is 10.2 Å². The summed E-state index contributed by atoms with van der Waals surface area (Å²) < 4.78 is 7.65. The standard InChI is InChI=1S/C20H34N6O/c1-16-23-24-18(25(16)2)14-21-19(22-17-6-4-3-5-7-17)26-11-8-20(15-26)9-12-27-13-10-20/h17H,3-15H2,1-2H3,(H,21,22). The van der Waals surface area contributed by atoms with E-state index in [9.17, 15) is 0 Å². The number of nitrogens with one attached hydrogen (secondary N) is 1. The second kappa shape index (κ2) is 8.17. The summed E-state index contributed by atoms with van der Waals surface area (Å²) in [7, 11) is 2.02. The molecule has 2 aliphatic heterocycles. The molecule has 3 heterocycles. The highest BCUT2D eigenvalue weighted by Gasteiger charge is 2.40. The monoisotopic (exact) mass is 374 g/mol. The van der Waals surface area contributed by atoms with Crippen LogP contribution in [-0.2, 0) is 18.3 Å². The van der Waals surface area contributed by atoms with Crippen LogP contribution < -0.4 is 5.32 Å². The van der Waals surface area contributed by atoms with Gasteiger partial charge in [0.25, 0.3) is 0 Å². The topological polar surface area (TPSA) is 67.6 Å². The van der Waals surface area contributed by atoms with Crippen LogP contribution in [0.1, 0.15) is 63.0 Å². The maximum Gasteiger partial charge on any atom is 0.194 e. The summed E-state index contributed by atoms with van der Waals surface area (Å²) in [5.41, 5.74) is 0.425. The maximum atomic E-state index is 5.61. The fourth-order valence-corrected chi connectivity index (χ4v) is 4.73. The molecule has 1 aliphatic carbocycles. The summed E-state index contributed by atoms with van der Waals surface area (Å²) in [6.07, 6.45) is 10.2. The summed E-state index contributed by atoms with van der Waals surface area (Å²) in [5, 5.41) is 12.3. The molecule has 0 radical (unpaired) electrons. The minimum Gasteiger partial charge on any atom is -0.381 e. The molecule has 1 saturated carbocycles. The van der Waals surface area contributed by atoms with Crippen molar-refractivity contribution in [3.05, 3.63) is 11.6 Å². The van der Waals surface area contributed by atoms with Crippen LogP contribution in [0.25, 0.3) is 0 Å². The lowest BCUT2D eigenvalue weighted by molar-refractivity contribution is 0.0217. The molecule has 0 unspecified atom stereocenters. The van der Waals surface area contributed by atoms with E-state index in [1.807, 2.05) is 18.5 Å². The van der Waals surface area contributed by atoms with Gasteiger partial charge in [0.15, 0.2) is 11.8 Å². The van der Waals surface area contributed by atoms with E-state index in [0.717, 1.165) is 43.9 Å². The minimum atomic E-state index is 0.425. The Hall–Kier alpha value is -1.63. The lowest BCUT2D eigenvalue weighted by atomic mass is 9.80. The molecule has 7 heteroatoms. The van der Waals surface area contributed by atoms with E-state index in [0.29, 0.717) is 18.0 Å². The largest absolute Gasteiger partial charge is 0.381 e. The molecule has 1 aromatic heterocycles. The van der Waals surface area contributed by atoms with Gasteiger partial charge in [0.1, 0.15) is 12.4 Å². The molecule has 0 aromatic carbocycles. The predicted octanol–water partition coefficient (Wildman–Crippen LogP) is 2.40. The third-order valence-electron chi connectivity index (χ3n) is 6.78. The van der Waals surface area contributed by atoms with Gasteiger partial charge in [-0.05, 0) is 44.4 Å². The van der Waals surface area contributed by atoms with Crippen molar-refractivity contribution >= 4 is 5.96 Å². The average molecular weight is 375 g/mol. The van der Waals surface area contributed by atoms with Crippen molar-refractivity contribution in [3.8, 4) is 0 Å². The van der Waals surface area contributed by atoms with Crippen molar-refractivity contribution in [1.82, 2.24) is 25.0 Å². The molecular weight excluding hydrogens is 340 g/mol. The number of likely N-dealkylation sites (tertiary alicyclic amines) is 1. The SMILES string of the molecule is Cc1nnc(CN=C(NC2CCCCC2)N2CCC3(CCOCC3)C2)n1C. The molecule has 1 N–H and O–H groups in total. The van der Waals surface area contributed by atoms with E-state index in [1.54, 1.807) is 0 Å². The molecule has 0 amide bonds. The van der Waals surface area contributed by atoms with Crippen LogP contribution in [0.4, 0.5) is 0 Å². The van der Waals surface area contributed by atoms with E-state index < -0.39 is 0 Å². The first-order valence-corrected chi connectivity index (χ1v) is 10.6. The summed E-state index contributed by atoms with van der Waals surface area (Å²) in [6.45, 7) is 6.59. The zero-order valence-corrected chi connectivity index (χ0v) is 16.9. The van der Waals surface area contributed by atoms with Gasteiger partial charge in [-0.25, -0.2) is 4.99 Å². The van der Waals surface area contributed by atoms with Crippen molar-refractivity contribution in [2.45, 2.75) is 70.9 Å². The molecule has 2 saturated heterocycles. The second-order valence-corrected chi connectivity index (χ2v) is 8.63. The summed E-state index contributed by atoms with van der Waals surface area (Å²) in [5.74, 6) is 2.94. The third-order valence-corrected chi connectivity index (χ3v) is 6.78. The normalized spacial score (nSPS) is 23.9. The van der Waals surface area contributed by atoms with Crippen LogP contribution in [0.3, 0.4) is 0 Å². The Morgan fingerprint density at radius 2 is 1.96 bits per heavy atom. The summed E-state index contributed by atoms with van der Waals surface area (Å²) in [4.78, 5) is 7.49. The molecule has 4 rings (SSSR count). The van der Waals surface area contributed by atoms with Crippen molar-refractivity contribution in [3.63, 3.8) is 0 Å². The number of aliphatic imine (C=N–C) groups is 1. The second-order valence-electron chi connectivity index (χ2n) is 8.63. The fourth-order valence-electron chi connectivity index (χ4n) is 4.73. The van der Waals surface area contributed by atoms with Crippen LogP contribution in [0, 0.1) is 12.3 Å². The number of rotatable bonds is 3. The van der Waals surface area contributed by atoms with Gasteiger partial charge in [0.2, 0.25) is 0 Å². The third kappa shape index (κ3) is 4.28. The zero-order chi connectivity index (χ0) is 18.7. The van der Waals surface area contributed by atoms with Crippen molar-refractivity contribution in [1.29, 1.82) is 0 Å². The van der Waals surface area contributed by atoms with E-state index in [4.69, 9.17) is 9.73 Å². The summed E-state index contributed by atoms with van der Waals surface area (Å²) >= 11 is 0. The lowest BCUT2D eigenvalue weighted by Crippen LogP contribution is -2.47. The number of hydrogen-bond acceptors (Lipinski definition) is 4. The van der Waals surface area contributed by atoms with E-state index >= 15 is 0 Å². The Bertz CT molecular complexity index is 657. The van der Waals surface area contributed by atoms with Gasteiger partial charge in [-0.2, -0.15) is 0 Å². The summed E-state index contributed by atoms with van der Waals surface area (Å²) in [6, 6.07) is 0.560. The molecular formula is C20H34N6O. The zero-order valence-electron chi connectivity index (χ0n) is 16.9. The molecule has 0 atom stereocenters. The van der Waals surface area contributed by atoms with Crippen LogP contribution in [0.2, 0.25) is 0 Å². The Labute approximate surface area is 162 Å². The van der Waals surface area contributed by atoms with Gasteiger partial charge in [0, 0.05) is 39.4 Å². The Morgan fingerprint density at radius 3 is 2.67 bits per heavy atom. The molecule has 1 aromatic rings. The van der Waals surface area contributed by atoms with Gasteiger partial charge >= 0.3 is 0 Å². The average Bonchev–Trinajstić information content (AvgIpc) is 3.24. The number of nitrogens with zero attached hydrogens (tertiary/aromatic N) is 5. The minimum absolute atomic E-state index is 0.425. The van der Waals surface area contributed by atoms with E-state index in [1.165, 1.54) is 51.4 Å². The number of aromatic nitrogens is 3. The predicted molar refractivity (Wildman–Crippen MR) is 106 cm³/mol. The van der Waals surface area contributed by atoms with Crippen LogP contribution in [0.5, 0.6) is 0 Å². The number of aryl methyl sites for hydroxylation is 1. The van der Waals surface area contributed by atoms with Gasteiger partial charge in [-0.3, -0.25) is 0 Å². The first kappa shape index (κ1) is 18.7. The number of guanidine groups is 1. The fraction of sp³-hybridized carbons (Fsp3) is 0.850. The lowest BCUT2D eigenvalue weighted by Gasteiger charge is -2.34. The van der Waals surface area contributed by atoms with Crippen molar-refractivity contribution < 1.29 is 4.74 Å². The first-order valence-electron chi connectivity index (χ1n) is 10.6. The molecule has 1 spiro atoms. The number of hydrogen-bond donors (Lipinski definition) is 1. The molecule has 3 aliphatic rings. The van der Waals surface area contributed by atoms with Gasteiger partial charge < -0.3 is 19.5 Å². The van der Waals surface area contributed by atoms with Crippen LogP contribution in [0.15, 0.2) is 4.99 Å². The van der Waals surface area contributed by atoms with Gasteiger partial charge in [0.05, 0.1) is 0 Å². The number of ether oxygens (including phenoxy) is 1. The Morgan fingerprint density at radius 1 is 1.19 bits per heavy atom. The molecule has 3 fully saturated rings. The molecule has 150 valence electrons.